The van der Waals surface area contributed by atoms with Crippen molar-refractivity contribution in [3.05, 3.63) is 42.5 Å². The van der Waals surface area contributed by atoms with Crippen molar-refractivity contribution in [2.45, 2.75) is 26.1 Å². The zero-order valence-corrected chi connectivity index (χ0v) is 9.55. The molecule has 0 bridgehead atoms. The van der Waals surface area contributed by atoms with Crippen LogP contribution in [0.1, 0.15) is 13.8 Å². The third-order valence-electron chi connectivity index (χ3n) is 2.74. The van der Waals surface area contributed by atoms with Gasteiger partial charge in [0.05, 0.1) is 6.10 Å². The highest BCUT2D eigenvalue weighted by Crippen LogP contribution is 2.26. The summed E-state index contributed by atoms with van der Waals surface area (Å²) in [6.07, 6.45) is -0.676. The molecule has 0 heterocycles. The molecule has 84 valence electrons. The molecule has 0 saturated heterocycles. The molecule has 0 aliphatic rings. The molecule has 0 amide bonds. The monoisotopic (exact) mass is 216 g/mol. The zero-order chi connectivity index (χ0) is 11.5. The predicted molar refractivity (Wildman–Crippen MR) is 65.7 cm³/mol. The average molecular weight is 216 g/mol. The van der Waals surface area contributed by atoms with Crippen LogP contribution in [0.4, 0.5) is 0 Å². The van der Waals surface area contributed by atoms with Crippen molar-refractivity contribution in [1.82, 2.24) is 0 Å². The first kappa shape index (κ1) is 11.0. The van der Waals surface area contributed by atoms with Crippen molar-refractivity contribution < 1.29 is 9.84 Å². The third-order valence-corrected chi connectivity index (χ3v) is 2.74. The SMILES string of the molecule is CC(Oc1cccc2ccccc12)[C@H](C)O. The quantitative estimate of drug-likeness (QED) is 0.854. The van der Waals surface area contributed by atoms with Gasteiger partial charge in [0.15, 0.2) is 0 Å². The first-order valence-electron chi connectivity index (χ1n) is 5.51. The largest absolute Gasteiger partial charge is 0.487 e. The minimum Gasteiger partial charge on any atom is -0.487 e. The lowest BCUT2D eigenvalue weighted by molar-refractivity contribution is 0.0614. The Balaban J connectivity index is 2.37. The molecule has 2 heteroatoms. The Bertz CT molecular complexity index is 472. The summed E-state index contributed by atoms with van der Waals surface area (Å²) in [6.45, 7) is 3.60. The van der Waals surface area contributed by atoms with E-state index in [1.807, 2.05) is 37.3 Å². The van der Waals surface area contributed by atoms with Crippen LogP contribution in [0.5, 0.6) is 5.75 Å². The number of aliphatic hydroxyl groups excluding tert-OH is 1. The minimum absolute atomic E-state index is 0.203. The molecular weight excluding hydrogens is 200 g/mol. The smallest absolute Gasteiger partial charge is 0.127 e. The van der Waals surface area contributed by atoms with E-state index < -0.39 is 6.10 Å². The van der Waals surface area contributed by atoms with Crippen molar-refractivity contribution in [3.8, 4) is 5.75 Å². The highest BCUT2D eigenvalue weighted by atomic mass is 16.5. The van der Waals surface area contributed by atoms with Crippen LogP contribution in [-0.2, 0) is 0 Å². The molecule has 0 aromatic heterocycles. The second-order valence-electron chi connectivity index (χ2n) is 4.04. The lowest BCUT2D eigenvalue weighted by atomic mass is 10.1. The molecule has 2 aromatic rings. The second kappa shape index (κ2) is 4.54. The van der Waals surface area contributed by atoms with E-state index in [4.69, 9.17) is 4.74 Å². The van der Waals surface area contributed by atoms with E-state index in [1.165, 1.54) is 0 Å². The van der Waals surface area contributed by atoms with Crippen molar-refractivity contribution in [2.24, 2.45) is 0 Å². The standard InChI is InChI=1S/C14H16O2/c1-10(15)11(2)16-14-9-5-7-12-6-3-4-8-13(12)14/h3-11,15H,1-2H3/t10-,11?/m0/s1. The molecule has 2 rings (SSSR count). The first-order valence-corrected chi connectivity index (χ1v) is 5.51. The van der Waals surface area contributed by atoms with Gasteiger partial charge in [-0.05, 0) is 25.3 Å². The average Bonchev–Trinajstić information content (AvgIpc) is 2.29. The summed E-state index contributed by atoms with van der Waals surface area (Å²) in [7, 11) is 0. The van der Waals surface area contributed by atoms with Crippen LogP contribution >= 0.6 is 0 Å². The molecule has 0 spiro atoms. The number of hydrogen-bond donors (Lipinski definition) is 1. The molecule has 2 atom stereocenters. The zero-order valence-electron chi connectivity index (χ0n) is 9.55. The Labute approximate surface area is 95.5 Å². The number of hydrogen-bond acceptors (Lipinski definition) is 2. The highest BCUT2D eigenvalue weighted by Gasteiger charge is 2.11. The van der Waals surface area contributed by atoms with E-state index in [2.05, 4.69) is 12.1 Å². The molecule has 0 fully saturated rings. The topological polar surface area (TPSA) is 29.5 Å². The lowest BCUT2D eigenvalue weighted by Gasteiger charge is -2.18. The van der Waals surface area contributed by atoms with Crippen molar-refractivity contribution in [3.63, 3.8) is 0 Å². The highest BCUT2D eigenvalue weighted by molar-refractivity contribution is 5.88. The molecule has 0 aliphatic heterocycles. The fraction of sp³-hybridized carbons (Fsp3) is 0.286. The molecule has 0 saturated carbocycles. The maximum absolute atomic E-state index is 9.43. The molecule has 2 aromatic carbocycles. The third kappa shape index (κ3) is 2.17. The Kier molecular flexibility index (Phi) is 3.11. The molecule has 16 heavy (non-hydrogen) atoms. The Hall–Kier alpha value is -1.54. The second-order valence-corrected chi connectivity index (χ2v) is 4.04. The Morgan fingerprint density at radius 1 is 1.00 bits per heavy atom. The van der Waals surface area contributed by atoms with Gasteiger partial charge in [0, 0.05) is 5.39 Å². The van der Waals surface area contributed by atoms with Gasteiger partial charge in [-0.2, -0.15) is 0 Å². The van der Waals surface area contributed by atoms with Gasteiger partial charge in [0.2, 0.25) is 0 Å². The van der Waals surface area contributed by atoms with Crippen LogP contribution in [-0.4, -0.2) is 17.3 Å². The van der Waals surface area contributed by atoms with Gasteiger partial charge < -0.3 is 9.84 Å². The molecule has 0 radical (unpaired) electrons. The van der Waals surface area contributed by atoms with E-state index in [1.54, 1.807) is 6.92 Å². The Morgan fingerprint density at radius 3 is 2.44 bits per heavy atom. The first-order chi connectivity index (χ1) is 7.68. The fourth-order valence-corrected chi connectivity index (χ4v) is 1.60. The van der Waals surface area contributed by atoms with Crippen LogP contribution < -0.4 is 4.74 Å². The van der Waals surface area contributed by atoms with Crippen LogP contribution in [0.15, 0.2) is 42.5 Å². The summed E-state index contributed by atoms with van der Waals surface area (Å²) in [5.74, 6) is 0.825. The van der Waals surface area contributed by atoms with Crippen LogP contribution in [0.3, 0.4) is 0 Å². The molecule has 2 nitrogen and oxygen atoms in total. The summed E-state index contributed by atoms with van der Waals surface area (Å²) < 4.78 is 5.74. The van der Waals surface area contributed by atoms with E-state index in [0.29, 0.717) is 0 Å². The van der Waals surface area contributed by atoms with Crippen LogP contribution in [0.25, 0.3) is 10.8 Å². The van der Waals surface area contributed by atoms with Crippen molar-refractivity contribution in [1.29, 1.82) is 0 Å². The van der Waals surface area contributed by atoms with Gasteiger partial charge in [0.1, 0.15) is 11.9 Å². The van der Waals surface area contributed by atoms with E-state index >= 15 is 0 Å². The number of benzene rings is 2. The van der Waals surface area contributed by atoms with Crippen LogP contribution in [0, 0.1) is 0 Å². The number of aliphatic hydroxyl groups is 1. The van der Waals surface area contributed by atoms with Gasteiger partial charge in [-0.15, -0.1) is 0 Å². The minimum atomic E-state index is -0.473. The van der Waals surface area contributed by atoms with Crippen molar-refractivity contribution >= 4 is 10.8 Å². The van der Waals surface area contributed by atoms with Crippen LogP contribution in [0.2, 0.25) is 0 Å². The number of rotatable bonds is 3. The van der Waals surface area contributed by atoms with Gasteiger partial charge in [-0.1, -0.05) is 36.4 Å². The van der Waals surface area contributed by atoms with Crippen molar-refractivity contribution in [2.75, 3.05) is 0 Å². The van der Waals surface area contributed by atoms with E-state index in [-0.39, 0.29) is 6.10 Å². The number of fused-ring (bicyclic) bond motifs is 1. The number of ether oxygens (including phenoxy) is 1. The molecule has 1 N–H and O–H groups in total. The summed E-state index contributed by atoms with van der Waals surface area (Å²) in [5.41, 5.74) is 0. The fourth-order valence-electron chi connectivity index (χ4n) is 1.60. The maximum atomic E-state index is 9.43. The predicted octanol–water partition coefficient (Wildman–Crippen LogP) is 2.99. The van der Waals surface area contributed by atoms with Gasteiger partial charge >= 0.3 is 0 Å². The van der Waals surface area contributed by atoms with Gasteiger partial charge in [0.25, 0.3) is 0 Å². The van der Waals surface area contributed by atoms with Gasteiger partial charge in [-0.3, -0.25) is 0 Å². The Morgan fingerprint density at radius 2 is 1.69 bits per heavy atom. The molecule has 1 unspecified atom stereocenters. The lowest BCUT2D eigenvalue weighted by Crippen LogP contribution is -2.25. The summed E-state index contributed by atoms with van der Waals surface area (Å²) in [4.78, 5) is 0. The maximum Gasteiger partial charge on any atom is 0.127 e. The van der Waals surface area contributed by atoms with E-state index in [0.717, 1.165) is 16.5 Å². The summed E-state index contributed by atoms with van der Waals surface area (Å²) in [5, 5.41) is 11.7. The van der Waals surface area contributed by atoms with Gasteiger partial charge in [-0.25, -0.2) is 0 Å². The summed E-state index contributed by atoms with van der Waals surface area (Å²) >= 11 is 0. The molecule has 0 aliphatic carbocycles. The molecular formula is C14H16O2. The van der Waals surface area contributed by atoms with E-state index in [9.17, 15) is 5.11 Å². The normalized spacial score (nSPS) is 14.7. The summed E-state index contributed by atoms with van der Waals surface area (Å²) in [6, 6.07) is 14.0.